The molecule has 0 heterocycles. The standard InChI is InChI=1S/C10H16N2O3S/c1-2-12-16(13,14)8-7-15-10-5-3-9(11)4-6-10/h3-6,12H,2,7-8,11H2,1H3. The highest BCUT2D eigenvalue weighted by atomic mass is 32.2. The van der Waals surface area contributed by atoms with Crippen molar-refractivity contribution in [1.29, 1.82) is 0 Å². The van der Waals surface area contributed by atoms with Gasteiger partial charge in [-0.05, 0) is 24.3 Å². The minimum Gasteiger partial charge on any atom is -0.492 e. The summed E-state index contributed by atoms with van der Waals surface area (Å²) in [7, 11) is -3.21. The second kappa shape index (κ2) is 5.72. The van der Waals surface area contributed by atoms with Gasteiger partial charge in [0.05, 0.1) is 5.75 Å². The molecule has 0 aliphatic heterocycles. The summed E-state index contributed by atoms with van der Waals surface area (Å²) in [5, 5.41) is 0. The molecule has 0 radical (unpaired) electrons. The number of ether oxygens (including phenoxy) is 1. The molecule has 1 aromatic rings. The predicted octanol–water partition coefficient (Wildman–Crippen LogP) is 0.587. The highest BCUT2D eigenvalue weighted by Gasteiger charge is 2.08. The maximum absolute atomic E-state index is 11.3. The fourth-order valence-electron chi connectivity index (χ4n) is 1.13. The normalized spacial score (nSPS) is 11.3. The molecule has 0 saturated carbocycles. The molecule has 0 bridgehead atoms. The Kier molecular flexibility index (Phi) is 4.57. The summed E-state index contributed by atoms with van der Waals surface area (Å²) >= 11 is 0. The van der Waals surface area contributed by atoms with Crippen LogP contribution >= 0.6 is 0 Å². The second-order valence-corrected chi connectivity index (χ2v) is 5.16. The molecule has 0 unspecified atom stereocenters. The summed E-state index contributed by atoms with van der Waals surface area (Å²) in [5.41, 5.74) is 6.15. The minimum atomic E-state index is -3.21. The van der Waals surface area contributed by atoms with E-state index in [0.717, 1.165) is 0 Å². The zero-order valence-electron chi connectivity index (χ0n) is 9.14. The molecule has 1 aromatic carbocycles. The Morgan fingerprint density at radius 3 is 2.50 bits per heavy atom. The molecule has 6 heteroatoms. The number of hydrogen-bond acceptors (Lipinski definition) is 4. The molecule has 0 fully saturated rings. The summed E-state index contributed by atoms with van der Waals surface area (Å²) in [6, 6.07) is 6.81. The molecule has 0 aliphatic carbocycles. The zero-order chi connectivity index (χ0) is 12.0. The molecule has 0 amide bonds. The topological polar surface area (TPSA) is 81.4 Å². The molecular formula is C10H16N2O3S. The van der Waals surface area contributed by atoms with Gasteiger partial charge in [-0.3, -0.25) is 0 Å². The number of nitrogens with one attached hydrogen (secondary N) is 1. The van der Waals surface area contributed by atoms with Gasteiger partial charge in [0.2, 0.25) is 10.0 Å². The summed E-state index contributed by atoms with van der Waals surface area (Å²) in [6.45, 7) is 2.25. The van der Waals surface area contributed by atoms with Crippen molar-refractivity contribution in [2.24, 2.45) is 0 Å². The van der Waals surface area contributed by atoms with E-state index in [-0.39, 0.29) is 12.4 Å². The third kappa shape index (κ3) is 4.50. The van der Waals surface area contributed by atoms with E-state index in [4.69, 9.17) is 10.5 Å². The van der Waals surface area contributed by atoms with E-state index in [9.17, 15) is 8.42 Å². The Morgan fingerprint density at radius 2 is 1.94 bits per heavy atom. The number of hydrogen-bond donors (Lipinski definition) is 2. The van der Waals surface area contributed by atoms with Gasteiger partial charge in [-0.15, -0.1) is 0 Å². The lowest BCUT2D eigenvalue weighted by molar-refractivity contribution is 0.340. The molecule has 0 aliphatic rings. The van der Waals surface area contributed by atoms with Crippen molar-refractivity contribution >= 4 is 15.7 Å². The van der Waals surface area contributed by atoms with E-state index >= 15 is 0 Å². The van der Waals surface area contributed by atoms with E-state index in [1.54, 1.807) is 31.2 Å². The first-order valence-corrected chi connectivity index (χ1v) is 6.64. The number of anilines is 1. The van der Waals surface area contributed by atoms with Crippen molar-refractivity contribution in [1.82, 2.24) is 4.72 Å². The van der Waals surface area contributed by atoms with Crippen LogP contribution in [0.3, 0.4) is 0 Å². The van der Waals surface area contributed by atoms with Crippen molar-refractivity contribution in [3.8, 4) is 5.75 Å². The van der Waals surface area contributed by atoms with Crippen LogP contribution in [-0.4, -0.2) is 27.3 Å². The first-order chi connectivity index (χ1) is 7.53. The predicted molar refractivity (Wildman–Crippen MR) is 63.8 cm³/mol. The van der Waals surface area contributed by atoms with E-state index in [0.29, 0.717) is 18.0 Å². The molecule has 0 saturated heterocycles. The van der Waals surface area contributed by atoms with Gasteiger partial charge in [0.1, 0.15) is 12.4 Å². The first-order valence-electron chi connectivity index (χ1n) is 4.99. The minimum absolute atomic E-state index is 0.0504. The van der Waals surface area contributed by atoms with Crippen molar-refractivity contribution in [3.63, 3.8) is 0 Å². The Hall–Kier alpha value is -1.27. The van der Waals surface area contributed by atoms with Gasteiger partial charge in [-0.2, -0.15) is 0 Å². The van der Waals surface area contributed by atoms with E-state index in [1.807, 2.05) is 0 Å². The van der Waals surface area contributed by atoms with E-state index in [2.05, 4.69) is 4.72 Å². The fourth-order valence-corrected chi connectivity index (χ4v) is 2.01. The van der Waals surface area contributed by atoms with Crippen LogP contribution in [0.2, 0.25) is 0 Å². The largest absolute Gasteiger partial charge is 0.492 e. The third-order valence-electron chi connectivity index (χ3n) is 1.87. The fraction of sp³-hybridized carbons (Fsp3) is 0.400. The summed E-state index contributed by atoms with van der Waals surface area (Å²) in [6.07, 6.45) is 0. The summed E-state index contributed by atoms with van der Waals surface area (Å²) in [5.74, 6) is 0.562. The molecule has 0 spiro atoms. The monoisotopic (exact) mass is 244 g/mol. The lowest BCUT2D eigenvalue weighted by Crippen LogP contribution is -2.28. The highest BCUT2D eigenvalue weighted by molar-refractivity contribution is 7.89. The number of rotatable bonds is 6. The van der Waals surface area contributed by atoms with Gasteiger partial charge in [0, 0.05) is 12.2 Å². The quantitative estimate of drug-likeness (QED) is 0.717. The van der Waals surface area contributed by atoms with Crippen molar-refractivity contribution in [2.45, 2.75) is 6.92 Å². The highest BCUT2D eigenvalue weighted by Crippen LogP contribution is 2.12. The Balaban J connectivity index is 2.39. The van der Waals surface area contributed by atoms with E-state index in [1.165, 1.54) is 0 Å². The van der Waals surface area contributed by atoms with Crippen LogP contribution in [0, 0.1) is 0 Å². The maximum Gasteiger partial charge on any atom is 0.214 e. The van der Waals surface area contributed by atoms with Gasteiger partial charge in [-0.1, -0.05) is 6.92 Å². The number of sulfonamides is 1. The number of benzene rings is 1. The molecule has 0 atom stereocenters. The average molecular weight is 244 g/mol. The molecular weight excluding hydrogens is 228 g/mol. The summed E-state index contributed by atoms with van der Waals surface area (Å²) in [4.78, 5) is 0. The second-order valence-electron chi connectivity index (χ2n) is 3.23. The van der Waals surface area contributed by atoms with E-state index < -0.39 is 10.0 Å². The van der Waals surface area contributed by atoms with Crippen molar-refractivity contribution in [3.05, 3.63) is 24.3 Å². The molecule has 3 N–H and O–H groups in total. The third-order valence-corrected chi connectivity index (χ3v) is 3.30. The van der Waals surface area contributed by atoms with Gasteiger partial charge in [0.25, 0.3) is 0 Å². The molecule has 16 heavy (non-hydrogen) atoms. The van der Waals surface area contributed by atoms with Crippen molar-refractivity contribution in [2.75, 3.05) is 24.6 Å². The lowest BCUT2D eigenvalue weighted by Gasteiger charge is -2.07. The number of nitrogens with two attached hydrogens (primary N) is 1. The van der Waals surface area contributed by atoms with Gasteiger partial charge in [-0.25, -0.2) is 13.1 Å². The van der Waals surface area contributed by atoms with Gasteiger partial charge in [0.15, 0.2) is 0 Å². The van der Waals surface area contributed by atoms with Crippen LogP contribution in [0.4, 0.5) is 5.69 Å². The molecule has 90 valence electrons. The van der Waals surface area contributed by atoms with Crippen LogP contribution in [0.5, 0.6) is 5.75 Å². The van der Waals surface area contributed by atoms with Crippen LogP contribution < -0.4 is 15.2 Å². The smallest absolute Gasteiger partial charge is 0.214 e. The Bertz CT molecular complexity index is 414. The molecule has 1 rings (SSSR count). The number of nitrogen functional groups attached to an aromatic ring is 1. The summed E-state index contributed by atoms with van der Waals surface area (Å²) < 4.78 is 30.2. The lowest BCUT2D eigenvalue weighted by atomic mass is 10.3. The SMILES string of the molecule is CCNS(=O)(=O)CCOc1ccc(N)cc1. The average Bonchev–Trinajstić information content (AvgIpc) is 2.20. The zero-order valence-corrected chi connectivity index (χ0v) is 9.96. The first kappa shape index (κ1) is 12.8. The van der Waals surface area contributed by atoms with Crippen molar-refractivity contribution < 1.29 is 13.2 Å². The van der Waals surface area contributed by atoms with Crippen LogP contribution in [0.15, 0.2) is 24.3 Å². The van der Waals surface area contributed by atoms with Gasteiger partial charge < -0.3 is 10.5 Å². The molecule has 5 nitrogen and oxygen atoms in total. The molecule has 0 aromatic heterocycles. The van der Waals surface area contributed by atoms with Crippen LogP contribution in [0.1, 0.15) is 6.92 Å². The van der Waals surface area contributed by atoms with Crippen LogP contribution in [-0.2, 0) is 10.0 Å². The maximum atomic E-state index is 11.3. The Labute approximate surface area is 95.7 Å². The van der Waals surface area contributed by atoms with Gasteiger partial charge >= 0.3 is 0 Å². The van der Waals surface area contributed by atoms with Crippen LogP contribution in [0.25, 0.3) is 0 Å². The Morgan fingerprint density at radius 1 is 1.31 bits per heavy atom.